The van der Waals surface area contributed by atoms with E-state index in [9.17, 15) is 20.1 Å². The molecule has 212 valence electrons. The van der Waals surface area contributed by atoms with Crippen molar-refractivity contribution in [1.29, 1.82) is 10.5 Å². The smallest absolute Gasteiger partial charge is 0.341 e. The molecule has 4 rings (SSSR count). The molecule has 10 heteroatoms. The Balaban J connectivity index is 1.53. The molecular formula is C31H33N5O3S2. The van der Waals surface area contributed by atoms with Gasteiger partial charge in [-0.25, -0.2) is 9.78 Å². The molecule has 2 heterocycles. The zero-order valence-corrected chi connectivity index (χ0v) is 25.0. The van der Waals surface area contributed by atoms with Crippen LogP contribution in [0, 0.1) is 22.7 Å². The van der Waals surface area contributed by atoms with Gasteiger partial charge < -0.3 is 15.8 Å². The van der Waals surface area contributed by atoms with Crippen LogP contribution >= 0.6 is 23.1 Å². The number of amides is 1. The van der Waals surface area contributed by atoms with Crippen LogP contribution in [0.5, 0.6) is 0 Å². The van der Waals surface area contributed by atoms with Crippen LogP contribution < -0.4 is 11.1 Å². The molecule has 41 heavy (non-hydrogen) atoms. The highest BCUT2D eigenvalue weighted by molar-refractivity contribution is 7.99. The van der Waals surface area contributed by atoms with Gasteiger partial charge in [0.15, 0.2) is 0 Å². The minimum atomic E-state index is -0.398. The third kappa shape index (κ3) is 6.90. The van der Waals surface area contributed by atoms with E-state index in [0.717, 1.165) is 60.9 Å². The molecule has 0 spiro atoms. The second-order valence-electron chi connectivity index (χ2n) is 9.69. The summed E-state index contributed by atoms with van der Waals surface area (Å²) in [6, 6.07) is 12.0. The zero-order chi connectivity index (χ0) is 29.4. The molecule has 3 N–H and O–H groups in total. The summed E-state index contributed by atoms with van der Waals surface area (Å²) in [5.74, 6) is -0.270. The highest BCUT2D eigenvalue weighted by atomic mass is 32.2. The summed E-state index contributed by atoms with van der Waals surface area (Å²) in [5, 5.41) is 23.7. The third-order valence-electron chi connectivity index (χ3n) is 7.04. The van der Waals surface area contributed by atoms with Crippen molar-refractivity contribution < 1.29 is 14.3 Å². The lowest BCUT2D eigenvalue weighted by Gasteiger charge is -2.13. The van der Waals surface area contributed by atoms with Crippen LogP contribution in [0.3, 0.4) is 0 Å². The Hall–Kier alpha value is -3.86. The predicted octanol–water partition coefficient (Wildman–Crippen LogP) is 6.65. The summed E-state index contributed by atoms with van der Waals surface area (Å²) in [4.78, 5) is 31.4. The summed E-state index contributed by atoms with van der Waals surface area (Å²) in [6.07, 6.45) is 7.05. The number of nitrogens with one attached hydrogen (secondary N) is 1. The summed E-state index contributed by atoms with van der Waals surface area (Å²) in [7, 11) is 0. The Morgan fingerprint density at radius 2 is 1.78 bits per heavy atom. The van der Waals surface area contributed by atoms with E-state index in [-0.39, 0.29) is 35.9 Å². The summed E-state index contributed by atoms with van der Waals surface area (Å²) in [6.45, 7) is 4.09. The molecule has 0 bridgehead atoms. The number of ether oxygens (including phenoxy) is 1. The topological polar surface area (TPSA) is 142 Å². The molecule has 0 fully saturated rings. The number of aryl methyl sites for hydroxylation is 2. The van der Waals surface area contributed by atoms with Gasteiger partial charge in [0.1, 0.15) is 33.5 Å². The fourth-order valence-corrected chi connectivity index (χ4v) is 7.18. The lowest BCUT2D eigenvalue weighted by atomic mass is 9.96. The predicted molar refractivity (Wildman–Crippen MR) is 163 cm³/mol. The lowest BCUT2D eigenvalue weighted by molar-refractivity contribution is -0.115. The van der Waals surface area contributed by atoms with Crippen LogP contribution in [-0.4, -0.2) is 29.2 Å². The van der Waals surface area contributed by atoms with Crippen LogP contribution in [0.4, 0.5) is 10.8 Å². The number of thioether (sulfide) groups is 1. The van der Waals surface area contributed by atoms with E-state index >= 15 is 0 Å². The number of pyridine rings is 1. The molecule has 1 amide bonds. The normalized spacial score (nSPS) is 12.8. The van der Waals surface area contributed by atoms with E-state index in [1.165, 1.54) is 23.1 Å². The summed E-state index contributed by atoms with van der Waals surface area (Å²) in [5.41, 5.74) is 10.4. The Morgan fingerprint density at radius 3 is 2.44 bits per heavy atom. The molecule has 0 atom stereocenters. The van der Waals surface area contributed by atoms with Gasteiger partial charge in [-0.1, -0.05) is 44.0 Å². The van der Waals surface area contributed by atoms with E-state index in [2.05, 4.69) is 29.4 Å². The molecule has 0 unspecified atom stereocenters. The third-order valence-corrected chi connectivity index (χ3v) is 9.22. The second-order valence-corrected chi connectivity index (χ2v) is 11.9. The number of fused-ring (bicyclic) bond motifs is 1. The summed E-state index contributed by atoms with van der Waals surface area (Å²) >= 11 is 2.71. The molecule has 8 nitrogen and oxygen atoms in total. The van der Waals surface area contributed by atoms with Crippen molar-refractivity contribution in [1.82, 2.24) is 4.98 Å². The number of carbonyl (C=O) groups excluding carboxylic acids is 2. The van der Waals surface area contributed by atoms with Crippen LogP contribution in [0.2, 0.25) is 0 Å². The largest absolute Gasteiger partial charge is 0.462 e. The van der Waals surface area contributed by atoms with Crippen LogP contribution in [-0.2, 0) is 28.8 Å². The minimum absolute atomic E-state index is 0.0445. The van der Waals surface area contributed by atoms with E-state index in [4.69, 9.17) is 10.5 Å². The average Bonchev–Trinajstić information content (AvgIpc) is 3.28. The second kappa shape index (κ2) is 14.2. The number of nitrogens with two attached hydrogens (primary N) is 1. The first-order valence-corrected chi connectivity index (χ1v) is 15.7. The number of rotatable bonds is 9. The highest BCUT2D eigenvalue weighted by Gasteiger charge is 2.26. The van der Waals surface area contributed by atoms with Gasteiger partial charge in [-0.2, -0.15) is 10.5 Å². The number of nitriles is 2. The molecule has 0 radical (unpaired) electrons. The van der Waals surface area contributed by atoms with Crippen molar-refractivity contribution in [2.75, 3.05) is 23.4 Å². The standard InChI is InChI=1S/C31H33N5O3S2/c1-3-19-11-13-20(14-12-19)26-22(17-32)28(34)36-29(23(26)18-33)40-16-15-25(37)35-30-27(31(38)39-4-2)21-9-7-5-6-8-10-24(21)41-30/h11-14H,3-10,15-16H2,1-2H3,(H2,34,36)(H,35,37). The molecular weight excluding hydrogens is 555 g/mol. The molecule has 1 aliphatic carbocycles. The SMILES string of the molecule is CCOC(=O)c1c(NC(=O)CCSc2nc(N)c(C#N)c(-c3ccc(CC)cc3)c2C#N)sc2c1CCCCCC2. The van der Waals surface area contributed by atoms with Crippen molar-refractivity contribution in [3.63, 3.8) is 0 Å². The maximum absolute atomic E-state index is 13.0. The number of nitrogen functional groups attached to an aromatic ring is 1. The molecule has 3 aromatic rings. The van der Waals surface area contributed by atoms with Crippen LogP contribution in [0.25, 0.3) is 11.1 Å². The van der Waals surface area contributed by atoms with Gasteiger partial charge >= 0.3 is 5.97 Å². The number of esters is 1. The van der Waals surface area contributed by atoms with Crippen molar-refractivity contribution in [2.45, 2.75) is 70.2 Å². The molecule has 0 saturated carbocycles. The van der Waals surface area contributed by atoms with Crippen molar-refractivity contribution in [2.24, 2.45) is 0 Å². The van der Waals surface area contributed by atoms with Gasteiger partial charge in [-0.05, 0) is 55.7 Å². The molecule has 0 aliphatic heterocycles. The number of hydrogen-bond donors (Lipinski definition) is 2. The van der Waals surface area contributed by atoms with E-state index in [0.29, 0.717) is 32.5 Å². The lowest BCUT2D eigenvalue weighted by Crippen LogP contribution is -2.16. The Morgan fingerprint density at radius 1 is 1.07 bits per heavy atom. The fourth-order valence-electron chi connectivity index (χ4n) is 4.95. The maximum atomic E-state index is 13.0. The first-order valence-electron chi connectivity index (χ1n) is 13.9. The first-order chi connectivity index (χ1) is 19.9. The first kappa shape index (κ1) is 30.1. The number of anilines is 2. The van der Waals surface area contributed by atoms with E-state index in [1.54, 1.807) is 6.92 Å². The van der Waals surface area contributed by atoms with E-state index < -0.39 is 5.97 Å². The van der Waals surface area contributed by atoms with Gasteiger partial charge in [0, 0.05) is 22.6 Å². The van der Waals surface area contributed by atoms with Crippen molar-refractivity contribution in [3.05, 3.63) is 57.0 Å². The Labute approximate surface area is 248 Å². The number of thiophene rings is 1. The average molecular weight is 588 g/mol. The Kier molecular flexibility index (Phi) is 10.4. The fraction of sp³-hybridized carbons (Fsp3) is 0.387. The van der Waals surface area contributed by atoms with Crippen molar-refractivity contribution in [3.8, 4) is 23.3 Å². The van der Waals surface area contributed by atoms with Gasteiger partial charge in [0.2, 0.25) is 5.91 Å². The quantitative estimate of drug-likeness (QED) is 0.209. The zero-order valence-electron chi connectivity index (χ0n) is 23.3. The van der Waals surface area contributed by atoms with Crippen molar-refractivity contribution >= 4 is 45.8 Å². The number of carbonyl (C=O) groups is 2. The molecule has 1 aromatic carbocycles. The number of hydrogen-bond acceptors (Lipinski definition) is 9. The van der Waals surface area contributed by atoms with Gasteiger partial charge in [-0.15, -0.1) is 23.1 Å². The molecule has 1 aliphatic rings. The van der Waals surface area contributed by atoms with Gasteiger partial charge in [0.05, 0.1) is 17.7 Å². The molecule has 2 aromatic heterocycles. The van der Waals surface area contributed by atoms with Gasteiger partial charge in [-0.3, -0.25) is 4.79 Å². The summed E-state index contributed by atoms with van der Waals surface area (Å²) < 4.78 is 5.34. The monoisotopic (exact) mass is 587 g/mol. The number of nitrogens with zero attached hydrogens (tertiary/aromatic N) is 3. The van der Waals surface area contributed by atoms with Crippen LogP contribution in [0.1, 0.15) is 83.4 Å². The number of aromatic nitrogens is 1. The Bertz CT molecular complexity index is 1520. The maximum Gasteiger partial charge on any atom is 0.341 e. The van der Waals surface area contributed by atoms with E-state index in [1.807, 2.05) is 24.3 Å². The van der Waals surface area contributed by atoms with Gasteiger partial charge in [0.25, 0.3) is 0 Å². The number of benzene rings is 1. The minimum Gasteiger partial charge on any atom is -0.462 e. The molecule has 0 saturated heterocycles. The van der Waals surface area contributed by atoms with Crippen LogP contribution in [0.15, 0.2) is 29.3 Å². The highest BCUT2D eigenvalue weighted by Crippen LogP contribution is 2.38.